The van der Waals surface area contributed by atoms with Crippen LogP contribution in [0.5, 0.6) is 0 Å². The van der Waals surface area contributed by atoms with Gasteiger partial charge in [0.15, 0.2) is 0 Å². The number of benzene rings is 2. The third-order valence-electron chi connectivity index (χ3n) is 4.51. The van der Waals surface area contributed by atoms with E-state index in [9.17, 15) is 9.18 Å². The first-order chi connectivity index (χ1) is 11.1. The van der Waals surface area contributed by atoms with Crippen LogP contribution in [0.4, 0.5) is 4.39 Å². The molecule has 0 unspecified atom stereocenters. The SMILES string of the molecule is Cc1ccccc1[C@@H]1CCCN1C(=O)Cc1c(F)cccc1Cl. The molecule has 0 spiro atoms. The molecular weight excluding hydrogens is 313 g/mol. The minimum atomic E-state index is -0.419. The lowest BCUT2D eigenvalue weighted by atomic mass is 9.99. The van der Waals surface area contributed by atoms with Gasteiger partial charge in [0.25, 0.3) is 0 Å². The van der Waals surface area contributed by atoms with Gasteiger partial charge in [0.2, 0.25) is 5.91 Å². The van der Waals surface area contributed by atoms with Crippen molar-refractivity contribution in [2.75, 3.05) is 6.54 Å². The Kier molecular flexibility index (Phi) is 4.67. The molecule has 2 aromatic rings. The smallest absolute Gasteiger partial charge is 0.227 e. The summed E-state index contributed by atoms with van der Waals surface area (Å²) in [4.78, 5) is 14.6. The highest BCUT2D eigenvalue weighted by molar-refractivity contribution is 6.31. The Morgan fingerprint density at radius 1 is 1.26 bits per heavy atom. The summed E-state index contributed by atoms with van der Waals surface area (Å²) in [6.45, 7) is 2.77. The first kappa shape index (κ1) is 16.0. The molecule has 0 bridgehead atoms. The van der Waals surface area contributed by atoms with Crippen molar-refractivity contribution in [2.24, 2.45) is 0 Å². The van der Waals surface area contributed by atoms with Crippen LogP contribution in [0.2, 0.25) is 5.02 Å². The maximum atomic E-state index is 13.9. The quantitative estimate of drug-likeness (QED) is 0.798. The number of aryl methyl sites for hydroxylation is 1. The monoisotopic (exact) mass is 331 g/mol. The summed E-state index contributed by atoms with van der Waals surface area (Å²) in [5.74, 6) is -0.486. The van der Waals surface area contributed by atoms with Crippen LogP contribution in [-0.4, -0.2) is 17.4 Å². The molecule has 1 heterocycles. The number of hydrogen-bond donors (Lipinski definition) is 0. The Bertz CT molecular complexity index is 711. The van der Waals surface area contributed by atoms with E-state index in [1.807, 2.05) is 17.0 Å². The van der Waals surface area contributed by atoms with Gasteiger partial charge >= 0.3 is 0 Å². The maximum Gasteiger partial charge on any atom is 0.227 e. The fourth-order valence-corrected chi connectivity index (χ4v) is 3.53. The van der Waals surface area contributed by atoms with Crippen LogP contribution < -0.4 is 0 Å². The second-order valence-corrected chi connectivity index (χ2v) is 6.39. The number of hydrogen-bond acceptors (Lipinski definition) is 1. The average molecular weight is 332 g/mol. The maximum absolute atomic E-state index is 13.9. The minimum absolute atomic E-state index is 0.00783. The molecule has 1 aliphatic rings. The summed E-state index contributed by atoms with van der Waals surface area (Å²) in [7, 11) is 0. The summed E-state index contributed by atoms with van der Waals surface area (Å²) in [5.41, 5.74) is 2.65. The largest absolute Gasteiger partial charge is 0.335 e. The number of nitrogens with zero attached hydrogens (tertiary/aromatic N) is 1. The Labute approximate surface area is 140 Å². The van der Waals surface area contributed by atoms with Gasteiger partial charge in [-0.15, -0.1) is 0 Å². The average Bonchev–Trinajstić information content (AvgIpc) is 3.01. The standard InChI is InChI=1S/C19H19ClFNO/c1-13-6-2-3-7-14(13)18-10-5-11-22(18)19(23)12-15-16(20)8-4-9-17(15)21/h2-4,6-9,18H,5,10-12H2,1H3/t18-/m0/s1. The van der Waals surface area contributed by atoms with Crippen LogP contribution in [0.1, 0.15) is 35.6 Å². The minimum Gasteiger partial charge on any atom is -0.335 e. The summed E-state index contributed by atoms with van der Waals surface area (Å²) >= 11 is 6.05. The zero-order valence-electron chi connectivity index (χ0n) is 13.1. The van der Waals surface area contributed by atoms with Crippen molar-refractivity contribution in [3.05, 3.63) is 70.0 Å². The van der Waals surface area contributed by atoms with E-state index in [1.165, 1.54) is 17.2 Å². The van der Waals surface area contributed by atoms with Crippen molar-refractivity contribution in [1.29, 1.82) is 0 Å². The fourth-order valence-electron chi connectivity index (χ4n) is 3.30. The van der Waals surface area contributed by atoms with E-state index >= 15 is 0 Å². The zero-order chi connectivity index (χ0) is 16.4. The lowest BCUT2D eigenvalue weighted by Gasteiger charge is -2.26. The molecule has 1 fully saturated rings. The molecule has 1 atom stereocenters. The lowest BCUT2D eigenvalue weighted by Crippen LogP contribution is -2.32. The molecule has 2 aromatic carbocycles. The van der Waals surface area contributed by atoms with Crippen molar-refractivity contribution in [3.8, 4) is 0 Å². The predicted molar refractivity (Wildman–Crippen MR) is 90.0 cm³/mol. The highest BCUT2D eigenvalue weighted by Gasteiger charge is 2.31. The van der Waals surface area contributed by atoms with E-state index < -0.39 is 5.82 Å². The normalized spacial score (nSPS) is 17.5. The van der Waals surface area contributed by atoms with E-state index in [0.29, 0.717) is 11.6 Å². The summed E-state index contributed by atoms with van der Waals surface area (Å²) < 4.78 is 13.9. The summed E-state index contributed by atoms with van der Waals surface area (Å²) in [5, 5.41) is 0.310. The number of carbonyl (C=O) groups is 1. The van der Waals surface area contributed by atoms with Gasteiger partial charge in [-0.2, -0.15) is 0 Å². The first-order valence-corrected chi connectivity index (χ1v) is 8.23. The number of halogens is 2. The van der Waals surface area contributed by atoms with Gasteiger partial charge in [-0.1, -0.05) is 41.9 Å². The first-order valence-electron chi connectivity index (χ1n) is 7.86. The van der Waals surface area contributed by atoms with E-state index in [2.05, 4.69) is 19.1 Å². The van der Waals surface area contributed by atoms with E-state index in [0.717, 1.165) is 12.8 Å². The van der Waals surface area contributed by atoms with Gasteiger partial charge in [0.05, 0.1) is 12.5 Å². The van der Waals surface area contributed by atoms with Crippen LogP contribution in [0.15, 0.2) is 42.5 Å². The molecule has 0 radical (unpaired) electrons. The van der Waals surface area contributed by atoms with E-state index in [1.54, 1.807) is 12.1 Å². The van der Waals surface area contributed by atoms with Crippen LogP contribution >= 0.6 is 11.6 Å². The van der Waals surface area contributed by atoms with E-state index in [4.69, 9.17) is 11.6 Å². The highest BCUT2D eigenvalue weighted by Crippen LogP contribution is 2.34. The Hall–Kier alpha value is -1.87. The fraction of sp³-hybridized carbons (Fsp3) is 0.316. The zero-order valence-corrected chi connectivity index (χ0v) is 13.8. The van der Waals surface area contributed by atoms with Gasteiger partial charge in [0, 0.05) is 17.1 Å². The lowest BCUT2D eigenvalue weighted by molar-refractivity contribution is -0.131. The number of carbonyl (C=O) groups excluding carboxylic acids is 1. The van der Waals surface area contributed by atoms with Crippen molar-refractivity contribution in [2.45, 2.75) is 32.2 Å². The molecule has 1 amide bonds. The van der Waals surface area contributed by atoms with Crippen LogP contribution in [0, 0.1) is 12.7 Å². The van der Waals surface area contributed by atoms with Crippen LogP contribution in [-0.2, 0) is 11.2 Å². The molecule has 1 saturated heterocycles. The number of amides is 1. The van der Waals surface area contributed by atoms with Crippen molar-refractivity contribution in [1.82, 2.24) is 4.90 Å². The predicted octanol–water partition coefficient (Wildman–Crippen LogP) is 4.69. The summed E-state index contributed by atoms with van der Waals surface area (Å²) in [6.07, 6.45) is 1.92. The topological polar surface area (TPSA) is 20.3 Å². The Morgan fingerprint density at radius 2 is 2.04 bits per heavy atom. The van der Waals surface area contributed by atoms with Gasteiger partial charge in [-0.25, -0.2) is 4.39 Å². The van der Waals surface area contributed by atoms with Crippen LogP contribution in [0.25, 0.3) is 0 Å². The van der Waals surface area contributed by atoms with E-state index in [-0.39, 0.29) is 23.9 Å². The molecule has 120 valence electrons. The second-order valence-electron chi connectivity index (χ2n) is 5.98. The molecule has 1 aliphatic heterocycles. The Morgan fingerprint density at radius 3 is 2.78 bits per heavy atom. The molecule has 23 heavy (non-hydrogen) atoms. The highest BCUT2D eigenvalue weighted by atomic mass is 35.5. The van der Waals surface area contributed by atoms with Crippen molar-refractivity contribution >= 4 is 17.5 Å². The molecule has 4 heteroatoms. The van der Waals surface area contributed by atoms with Crippen molar-refractivity contribution in [3.63, 3.8) is 0 Å². The molecule has 0 N–H and O–H groups in total. The molecular formula is C19H19ClFNO. The number of rotatable bonds is 3. The van der Waals surface area contributed by atoms with Gasteiger partial charge in [0.1, 0.15) is 5.82 Å². The second kappa shape index (κ2) is 6.71. The molecule has 0 aliphatic carbocycles. The third kappa shape index (κ3) is 3.25. The molecule has 0 saturated carbocycles. The molecule has 2 nitrogen and oxygen atoms in total. The van der Waals surface area contributed by atoms with Gasteiger partial charge in [-0.3, -0.25) is 4.79 Å². The Balaban J connectivity index is 1.83. The summed E-state index contributed by atoms with van der Waals surface area (Å²) in [6, 6.07) is 12.7. The third-order valence-corrected chi connectivity index (χ3v) is 4.86. The molecule has 3 rings (SSSR count). The van der Waals surface area contributed by atoms with Gasteiger partial charge < -0.3 is 4.90 Å². The van der Waals surface area contributed by atoms with Crippen molar-refractivity contribution < 1.29 is 9.18 Å². The number of likely N-dealkylation sites (tertiary alicyclic amines) is 1. The van der Waals surface area contributed by atoms with Crippen LogP contribution in [0.3, 0.4) is 0 Å². The molecule has 0 aromatic heterocycles. The van der Waals surface area contributed by atoms with Gasteiger partial charge in [-0.05, 0) is 43.0 Å².